The average molecular weight is 267 g/mol. The van der Waals surface area contributed by atoms with Gasteiger partial charge in [-0.05, 0) is 32.4 Å². The zero-order chi connectivity index (χ0) is 11.0. The van der Waals surface area contributed by atoms with E-state index in [1.807, 2.05) is 0 Å². The van der Waals surface area contributed by atoms with Crippen molar-refractivity contribution >= 4 is 26.8 Å². The van der Waals surface area contributed by atoms with Gasteiger partial charge in [-0.15, -0.1) is 0 Å². The van der Waals surface area contributed by atoms with Crippen LogP contribution in [0.5, 0.6) is 0 Å². The third kappa shape index (κ3) is 1.69. The molecule has 0 amide bonds. The molecule has 0 fully saturated rings. The summed E-state index contributed by atoms with van der Waals surface area (Å²) in [6.45, 7) is 6.46. The first-order valence-corrected chi connectivity index (χ1v) is 6.30. The molecule has 15 heavy (non-hydrogen) atoms. The Bertz CT molecular complexity index is 486. The van der Waals surface area contributed by atoms with E-state index in [2.05, 4.69) is 64.7 Å². The second-order valence-corrected chi connectivity index (χ2v) is 4.65. The minimum absolute atomic E-state index is 0.407. The Labute approximate surface area is 98.4 Å². The zero-order valence-electron chi connectivity index (χ0n) is 9.29. The minimum atomic E-state index is 0.407. The molecular formula is C12H15BrN2. The van der Waals surface area contributed by atoms with Gasteiger partial charge in [0.15, 0.2) is 0 Å². The number of benzene rings is 1. The Morgan fingerprint density at radius 1 is 1.40 bits per heavy atom. The molecule has 2 rings (SSSR count). The monoisotopic (exact) mass is 266 g/mol. The highest BCUT2D eigenvalue weighted by molar-refractivity contribution is 9.08. The lowest BCUT2D eigenvalue weighted by molar-refractivity contribution is 0.523. The molecule has 0 spiro atoms. The van der Waals surface area contributed by atoms with Crippen molar-refractivity contribution in [1.29, 1.82) is 0 Å². The van der Waals surface area contributed by atoms with Crippen LogP contribution in [0, 0.1) is 6.92 Å². The molecule has 0 saturated carbocycles. The molecule has 0 atom stereocenters. The van der Waals surface area contributed by atoms with Gasteiger partial charge in [0.25, 0.3) is 0 Å². The zero-order valence-corrected chi connectivity index (χ0v) is 10.9. The van der Waals surface area contributed by atoms with Crippen LogP contribution in [-0.4, -0.2) is 9.78 Å². The number of nitrogens with zero attached hydrogens (tertiary/aromatic N) is 2. The van der Waals surface area contributed by atoms with E-state index in [1.165, 1.54) is 16.6 Å². The highest BCUT2D eigenvalue weighted by atomic mass is 79.9. The maximum Gasteiger partial charge on any atom is 0.0929 e. The van der Waals surface area contributed by atoms with E-state index in [9.17, 15) is 0 Å². The number of rotatable bonds is 2. The van der Waals surface area contributed by atoms with Crippen molar-refractivity contribution in [2.24, 2.45) is 0 Å². The molecule has 0 aliphatic rings. The molecule has 0 radical (unpaired) electrons. The molecule has 1 aromatic heterocycles. The summed E-state index contributed by atoms with van der Waals surface area (Å²) in [4.78, 5) is 0. The number of fused-ring (bicyclic) bond motifs is 1. The number of alkyl halides is 1. The maximum absolute atomic E-state index is 4.63. The molecule has 3 heteroatoms. The minimum Gasteiger partial charge on any atom is -0.265 e. The van der Waals surface area contributed by atoms with Crippen LogP contribution in [0.15, 0.2) is 18.2 Å². The molecule has 0 aliphatic carbocycles. The van der Waals surface area contributed by atoms with Crippen molar-refractivity contribution in [2.75, 3.05) is 0 Å². The Kier molecular flexibility index (Phi) is 2.83. The van der Waals surface area contributed by atoms with Crippen molar-refractivity contribution in [2.45, 2.75) is 32.1 Å². The smallest absolute Gasteiger partial charge is 0.0929 e. The molecule has 1 aromatic carbocycles. The van der Waals surface area contributed by atoms with E-state index in [0.29, 0.717) is 6.04 Å². The number of aryl methyl sites for hydroxylation is 1. The van der Waals surface area contributed by atoms with Gasteiger partial charge in [0.2, 0.25) is 0 Å². The fourth-order valence-corrected chi connectivity index (χ4v) is 2.49. The van der Waals surface area contributed by atoms with E-state index in [4.69, 9.17) is 0 Å². The van der Waals surface area contributed by atoms with Gasteiger partial charge in [0.1, 0.15) is 0 Å². The molecule has 0 unspecified atom stereocenters. The molecule has 2 nitrogen and oxygen atoms in total. The van der Waals surface area contributed by atoms with Gasteiger partial charge >= 0.3 is 0 Å². The van der Waals surface area contributed by atoms with E-state index in [-0.39, 0.29) is 0 Å². The highest BCUT2D eigenvalue weighted by Gasteiger charge is 2.13. The van der Waals surface area contributed by atoms with Crippen molar-refractivity contribution in [1.82, 2.24) is 9.78 Å². The van der Waals surface area contributed by atoms with Crippen LogP contribution in [-0.2, 0) is 5.33 Å². The van der Waals surface area contributed by atoms with Crippen LogP contribution in [0.3, 0.4) is 0 Å². The van der Waals surface area contributed by atoms with Gasteiger partial charge in [0.05, 0.1) is 11.2 Å². The molecule has 1 heterocycles. The number of hydrogen-bond donors (Lipinski definition) is 0. The maximum atomic E-state index is 4.63. The summed E-state index contributed by atoms with van der Waals surface area (Å²) in [7, 11) is 0. The summed E-state index contributed by atoms with van der Waals surface area (Å²) >= 11 is 3.55. The van der Waals surface area contributed by atoms with Gasteiger partial charge in [0, 0.05) is 16.8 Å². The summed E-state index contributed by atoms with van der Waals surface area (Å²) in [6.07, 6.45) is 0. The molecule has 80 valence electrons. The largest absolute Gasteiger partial charge is 0.265 e. The van der Waals surface area contributed by atoms with E-state index >= 15 is 0 Å². The van der Waals surface area contributed by atoms with Crippen molar-refractivity contribution < 1.29 is 0 Å². The molecule has 0 bridgehead atoms. The van der Waals surface area contributed by atoms with Gasteiger partial charge in [-0.1, -0.05) is 28.1 Å². The Balaban J connectivity index is 2.80. The predicted octanol–water partition coefficient (Wildman–Crippen LogP) is 3.82. The molecule has 0 aliphatic heterocycles. The van der Waals surface area contributed by atoms with Crippen LogP contribution in [0.2, 0.25) is 0 Å². The standard InChI is InChI=1S/C12H15BrN2/c1-8(2)15-11(7-13)12-9(3)5-4-6-10(12)14-15/h4-6,8H,7H2,1-3H3. The van der Waals surface area contributed by atoms with Crippen LogP contribution in [0.4, 0.5) is 0 Å². The van der Waals surface area contributed by atoms with Crippen LogP contribution < -0.4 is 0 Å². The van der Waals surface area contributed by atoms with Crippen molar-refractivity contribution in [3.63, 3.8) is 0 Å². The van der Waals surface area contributed by atoms with Crippen molar-refractivity contribution in [3.8, 4) is 0 Å². The fraction of sp³-hybridized carbons (Fsp3) is 0.417. The predicted molar refractivity (Wildman–Crippen MR) is 67.5 cm³/mol. The van der Waals surface area contributed by atoms with Gasteiger partial charge in [-0.2, -0.15) is 5.10 Å². The topological polar surface area (TPSA) is 17.8 Å². The summed E-state index contributed by atoms with van der Waals surface area (Å²) in [5.74, 6) is 0. The lowest BCUT2D eigenvalue weighted by Crippen LogP contribution is -2.06. The quantitative estimate of drug-likeness (QED) is 0.756. The summed E-state index contributed by atoms with van der Waals surface area (Å²) in [5.41, 5.74) is 3.67. The molecular weight excluding hydrogens is 252 g/mol. The fourth-order valence-electron chi connectivity index (χ4n) is 1.96. The Morgan fingerprint density at radius 2 is 2.13 bits per heavy atom. The van der Waals surface area contributed by atoms with Crippen LogP contribution in [0.1, 0.15) is 31.1 Å². The summed E-state index contributed by atoms with van der Waals surface area (Å²) < 4.78 is 2.10. The number of halogens is 1. The first-order valence-electron chi connectivity index (χ1n) is 5.17. The second kappa shape index (κ2) is 3.97. The SMILES string of the molecule is Cc1cccc2nn(C(C)C)c(CBr)c12. The van der Waals surface area contributed by atoms with Crippen molar-refractivity contribution in [3.05, 3.63) is 29.5 Å². The van der Waals surface area contributed by atoms with Crippen LogP contribution in [0.25, 0.3) is 10.9 Å². The average Bonchev–Trinajstić information content (AvgIpc) is 2.57. The van der Waals surface area contributed by atoms with Gasteiger partial charge < -0.3 is 0 Å². The number of aromatic nitrogens is 2. The Hall–Kier alpha value is -0.830. The van der Waals surface area contributed by atoms with E-state index < -0.39 is 0 Å². The molecule has 2 aromatic rings. The third-order valence-corrected chi connectivity index (χ3v) is 3.18. The first kappa shape index (κ1) is 10.7. The van der Waals surface area contributed by atoms with E-state index in [1.54, 1.807) is 0 Å². The number of hydrogen-bond acceptors (Lipinski definition) is 1. The third-order valence-electron chi connectivity index (χ3n) is 2.65. The lowest BCUT2D eigenvalue weighted by Gasteiger charge is -2.09. The summed E-state index contributed by atoms with van der Waals surface area (Å²) in [5, 5.41) is 6.78. The normalized spacial score (nSPS) is 11.5. The van der Waals surface area contributed by atoms with Crippen LogP contribution >= 0.6 is 15.9 Å². The molecule has 0 saturated heterocycles. The lowest BCUT2D eigenvalue weighted by atomic mass is 10.1. The van der Waals surface area contributed by atoms with Gasteiger partial charge in [-0.25, -0.2) is 0 Å². The summed E-state index contributed by atoms with van der Waals surface area (Å²) in [6, 6.07) is 6.69. The second-order valence-electron chi connectivity index (χ2n) is 4.09. The highest BCUT2D eigenvalue weighted by Crippen LogP contribution is 2.26. The van der Waals surface area contributed by atoms with E-state index in [0.717, 1.165) is 10.8 Å². The molecule has 0 N–H and O–H groups in total. The first-order chi connectivity index (χ1) is 7.15. The van der Waals surface area contributed by atoms with Gasteiger partial charge in [-0.3, -0.25) is 4.68 Å². The Morgan fingerprint density at radius 3 is 2.73 bits per heavy atom.